The monoisotopic (exact) mass is 186 g/mol. The fourth-order valence-corrected chi connectivity index (χ4v) is 1.24. The molecule has 0 aromatic heterocycles. The fourth-order valence-electron chi connectivity index (χ4n) is 1.24. The van der Waals surface area contributed by atoms with Crippen molar-refractivity contribution in [1.29, 1.82) is 0 Å². The SMILES string of the molecule is CCCNCCCCCNC(C)C. The first-order valence-electron chi connectivity index (χ1n) is 5.71. The molecule has 0 heterocycles. The Hall–Kier alpha value is -0.0800. The summed E-state index contributed by atoms with van der Waals surface area (Å²) in [5.74, 6) is 0. The van der Waals surface area contributed by atoms with Gasteiger partial charge in [-0.25, -0.2) is 0 Å². The van der Waals surface area contributed by atoms with E-state index >= 15 is 0 Å². The molecular weight excluding hydrogens is 160 g/mol. The van der Waals surface area contributed by atoms with Crippen LogP contribution in [0, 0.1) is 0 Å². The van der Waals surface area contributed by atoms with Gasteiger partial charge in [-0.05, 0) is 38.9 Å². The Kier molecular flexibility index (Phi) is 9.94. The lowest BCUT2D eigenvalue weighted by molar-refractivity contribution is 0.536. The van der Waals surface area contributed by atoms with Crippen molar-refractivity contribution in [2.75, 3.05) is 19.6 Å². The average Bonchev–Trinajstić information content (AvgIpc) is 2.09. The van der Waals surface area contributed by atoms with Gasteiger partial charge in [0.05, 0.1) is 0 Å². The van der Waals surface area contributed by atoms with Crippen molar-refractivity contribution in [3.8, 4) is 0 Å². The van der Waals surface area contributed by atoms with Gasteiger partial charge in [0.1, 0.15) is 0 Å². The smallest absolute Gasteiger partial charge is 0.00103 e. The largest absolute Gasteiger partial charge is 0.317 e. The van der Waals surface area contributed by atoms with E-state index in [1.807, 2.05) is 0 Å². The van der Waals surface area contributed by atoms with Crippen LogP contribution in [0.5, 0.6) is 0 Å². The zero-order chi connectivity index (χ0) is 9.94. The highest BCUT2D eigenvalue weighted by molar-refractivity contribution is 4.54. The van der Waals surface area contributed by atoms with Crippen LogP contribution in [0.1, 0.15) is 46.5 Å². The Labute approximate surface area is 83.5 Å². The molecule has 0 aliphatic rings. The lowest BCUT2D eigenvalue weighted by Gasteiger charge is -2.07. The molecule has 0 rings (SSSR count). The highest BCUT2D eigenvalue weighted by Crippen LogP contribution is 1.93. The molecule has 0 aliphatic heterocycles. The van der Waals surface area contributed by atoms with Crippen LogP contribution in [0.3, 0.4) is 0 Å². The van der Waals surface area contributed by atoms with E-state index in [1.165, 1.54) is 45.3 Å². The summed E-state index contributed by atoms with van der Waals surface area (Å²) in [6.07, 6.45) is 5.22. The molecule has 0 radical (unpaired) electrons. The van der Waals surface area contributed by atoms with Crippen LogP contribution < -0.4 is 10.6 Å². The van der Waals surface area contributed by atoms with Crippen LogP contribution in [0.15, 0.2) is 0 Å². The van der Waals surface area contributed by atoms with Crippen LogP contribution in [0.2, 0.25) is 0 Å². The van der Waals surface area contributed by atoms with Crippen LogP contribution in [0.4, 0.5) is 0 Å². The number of rotatable bonds is 9. The molecule has 2 N–H and O–H groups in total. The number of hydrogen-bond acceptors (Lipinski definition) is 2. The van der Waals surface area contributed by atoms with Gasteiger partial charge < -0.3 is 10.6 Å². The van der Waals surface area contributed by atoms with Gasteiger partial charge in [-0.1, -0.05) is 27.2 Å². The maximum atomic E-state index is 3.43. The van der Waals surface area contributed by atoms with Gasteiger partial charge in [0.15, 0.2) is 0 Å². The van der Waals surface area contributed by atoms with Crippen molar-refractivity contribution in [1.82, 2.24) is 10.6 Å². The predicted molar refractivity (Wildman–Crippen MR) is 60.2 cm³/mol. The molecule has 2 nitrogen and oxygen atoms in total. The van der Waals surface area contributed by atoms with Crippen LogP contribution >= 0.6 is 0 Å². The van der Waals surface area contributed by atoms with Gasteiger partial charge in [0.2, 0.25) is 0 Å². The minimum Gasteiger partial charge on any atom is -0.317 e. The van der Waals surface area contributed by atoms with Gasteiger partial charge in [0.25, 0.3) is 0 Å². The Bertz CT molecular complexity index is 92.1. The third-order valence-electron chi connectivity index (χ3n) is 2.01. The van der Waals surface area contributed by atoms with E-state index in [1.54, 1.807) is 0 Å². The fraction of sp³-hybridized carbons (Fsp3) is 1.00. The number of nitrogens with one attached hydrogen (secondary N) is 2. The Balaban J connectivity index is 2.84. The maximum Gasteiger partial charge on any atom is 0.00103 e. The van der Waals surface area contributed by atoms with Crippen molar-refractivity contribution in [2.45, 2.75) is 52.5 Å². The molecule has 13 heavy (non-hydrogen) atoms. The average molecular weight is 186 g/mol. The summed E-state index contributed by atoms with van der Waals surface area (Å²) >= 11 is 0. The molecule has 0 saturated carbocycles. The van der Waals surface area contributed by atoms with Gasteiger partial charge in [0, 0.05) is 6.04 Å². The Morgan fingerprint density at radius 3 is 2.23 bits per heavy atom. The Morgan fingerprint density at radius 2 is 1.62 bits per heavy atom. The van der Waals surface area contributed by atoms with Gasteiger partial charge in [-0.3, -0.25) is 0 Å². The van der Waals surface area contributed by atoms with Crippen molar-refractivity contribution in [3.63, 3.8) is 0 Å². The zero-order valence-electron chi connectivity index (χ0n) is 9.53. The van der Waals surface area contributed by atoms with Crippen LogP contribution in [-0.4, -0.2) is 25.7 Å². The minimum atomic E-state index is 0.637. The molecule has 0 bridgehead atoms. The topological polar surface area (TPSA) is 24.1 Å². The quantitative estimate of drug-likeness (QED) is 0.539. The molecule has 0 atom stereocenters. The van der Waals surface area contributed by atoms with E-state index in [2.05, 4.69) is 31.4 Å². The maximum absolute atomic E-state index is 3.43. The van der Waals surface area contributed by atoms with E-state index in [0.717, 1.165) is 0 Å². The highest BCUT2D eigenvalue weighted by Gasteiger charge is 1.92. The summed E-state index contributed by atoms with van der Waals surface area (Å²) < 4.78 is 0. The predicted octanol–water partition coefficient (Wildman–Crippen LogP) is 2.15. The molecule has 0 unspecified atom stereocenters. The molecule has 0 amide bonds. The van der Waals surface area contributed by atoms with E-state index < -0.39 is 0 Å². The minimum absolute atomic E-state index is 0.637. The van der Waals surface area contributed by atoms with Crippen LogP contribution in [0.25, 0.3) is 0 Å². The van der Waals surface area contributed by atoms with Crippen molar-refractivity contribution < 1.29 is 0 Å². The zero-order valence-corrected chi connectivity index (χ0v) is 9.53. The Morgan fingerprint density at radius 1 is 0.923 bits per heavy atom. The first kappa shape index (κ1) is 12.9. The van der Waals surface area contributed by atoms with E-state index in [-0.39, 0.29) is 0 Å². The molecule has 0 spiro atoms. The molecule has 0 aliphatic carbocycles. The van der Waals surface area contributed by atoms with E-state index in [4.69, 9.17) is 0 Å². The summed E-state index contributed by atoms with van der Waals surface area (Å²) in [6, 6.07) is 0.637. The second-order valence-corrected chi connectivity index (χ2v) is 3.92. The van der Waals surface area contributed by atoms with Crippen molar-refractivity contribution >= 4 is 0 Å². The van der Waals surface area contributed by atoms with E-state index in [9.17, 15) is 0 Å². The first-order valence-corrected chi connectivity index (χ1v) is 5.71. The molecule has 2 heteroatoms. The first-order chi connectivity index (χ1) is 6.27. The molecule has 0 aromatic rings. The normalized spacial score (nSPS) is 11.1. The molecule has 80 valence electrons. The lowest BCUT2D eigenvalue weighted by atomic mass is 10.2. The summed E-state index contributed by atoms with van der Waals surface area (Å²) in [4.78, 5) is 0. The summed E-state index contributed by atoms with van der Waals surface area (Å²) in [6.45, 7) is 10.1. The summed E-state index contributed by atoms with van der Waals surface area (Å²) in [7, 11) is 0. The van der Waals surface area contributed by atoms with Crippen molar-refractivity contribution in [2.24, 2.45) is 0 Å². The van der Waals surface area contributed by atoms with Gasteiger partial charge in [-0.15, -0.1) is 0 Å². The highest BCUT2D eigenvalue weighted by atomic mass is 14.9. The third-order valence-corrected chi connectivity index (χ3v) is 2.01. The summed E-state index contributed by atoms with van der Waals surface area (Å²) in [5, 5.41) is 6.84. The van der Waals surface area contributed by atoms with Gasteiger partial charge >= 0.3 is 0 Å². The van der Waals surface area contributed by atoms with Gasteiger partial charge in [-0.2, -0.15) is 0 Å². The number of hydrogen-bond donors (Lipinski definition) is 2. The molecule has 0 saturated heterocycles. The number of unbranched alkanes of at least 4 members (excludes halogenated alkanes) is 2. The second-order valence-electron chi connectivity index (χ2n) is 3.92. The van der Waals surface area contributed by atoms with E-state index in [0.29, 0.717) is 6.04 Å². The summed E-state index contributed by atoms with van der Waals surface area (Å²) in [5.41, 5.74) is 0. The molecular formula is C11H26N2. The lowest BCUT2D eigenvalue weighted by Crippen LogP contribution is -2.23. The van der Waals surface area contributed by atoms with Crippen LogP contribution in [-0.2, 0) is 0 Å². The molecule has 0 aromatic carbocycles. The molecule has 0 fully saturated rings. The van der Waals surface area contributed by atoms with Crippen molar-refractivity contribution in [3.05, 3.63) is 0 Å². The second kappa shape index (κ2) is 10.0. The standard InChI is InChI=1S/C11H26N2/c1-4-8-12-9-6-5-7-10-13-11(2)3/h11-13H,4-10H2,1-3H3. The third kappa shape index (κ3) is 11.9.